The minimum Gasteiger partial charge on any atom is -0.472 e. The molecule has 0 amide bonds. The van der Waals surface area contributed by atoms with Crippen LogP contribution in [-0.2, 0) is 11.3 Å². The van der Waals surface area contributed by atoms with Crippen LogP contribution in [0.4, 0.5) is 0 Å². The molecule has 1 aliphatic rings. The number of hydrogen-bond acceptors (Lipinski definition) is 4. The lowest BCUT2D eigenvalue weighted by Gasteiger charge is -2.15. The van der Waals surface area contributed by atoms with E-state index in [0.29, 0.717) is 12.5 Å². The summed E-state index contributed by atoms with van der Waals surface area (Å²) >= 11 is 0. The monoisotopic (exact) mass is 278 g/mol. The van der Waals surface area contributed by atoms with Crippen molar-refractivity contribution in [2.75, 3.05) is 19.8 Å². The van der Waals surface area contributed by atoms with Crippen LogP contribution in [0.3, 0.4) is 0 Å². The van der Waals surface area contributed by atoms with Gasteiger partial charge in [0.25, 0.3) is 0 Å². The average molecular weight is 278 g/mol. The first-order valence-electron chi connectivity index (χ1n) is 7.65. The molecule has 20 heavy (non-hydrogen) atoms. The fourth-order valence-corrected chi connectivity index (χ4v) is 2.23. The van der Waals surface area contributed by atoms with Gasteiger partial charge in [-0.15, -0.1) is 0 Å². The summed E-state index contributed by atoms with van der Waals surface area (Å²) in [5.41, 5.74) is 2.33. The Kier molecular flexibility index (Phi) is 5.80. The van der Waals surface area contributed by atoms with Crippen LogP contribution in [0.15, 0.2) is 12.1 Å². The van der Waals surface area contributed by atoms with Crippen molar-refractivity contribution in [1.29, 1.82) is 0 Å². The van der Waals surface area contributed by atoms with Gasteiger partial charge in [-0.05, 0) is 30.5 Å². The number of nitrogens with zero attached hydrogens (tertiary/aromatic N) is 1. The third-order valence-corrected chi connectivity index (χ3v) is 3.40. The molecule has 4 nitrogen and oxygen atoms in total. The van der Waals surface area contributed by atoms with Crippen molar-refractivity contribution in [2.24, 2.45) is 0 Å². The second-order valence-electron chi connectivity index (χ2n) is 5.67. The van der Waals surface area contributed by atoms with Crippen molar-refractivity contribution >= 4 is 0 Å². The molecular formula is C16H26N2O2. The van der Waals surface area contributed by atoms with Crippen molar-refractivity contribution in [2.45, 2.75) is 52.2 Å². The average Bonchev–Trinajstić information content (AvgIpc) is 2.91. The Balaban J connectivity index is 2.07. The van der Waals surface area contributed by atoms with E-state index in [1.807, 2.05) is 6.07 Å². The summed E-state index contributed by atoms with van der Waals surface area (Å²) in [5.74, 6) is 1.14. The van der Waals surface area contributed by atoms with E-state index in [1.54, 1.807) is 0 Å². The quantitative estimate of drug-likeness (QED) is 0.779. The second-order valence-corrected chi connectivity index (χ2v) is 5.67. The Morgan fingerprint density at radius 3 is 2.95 bits per heavy atom. The number of nitrogens with one attached hydrogen (secondary N) is 1. The normalized spacial score (nSPS) is 18.7. The van der Waals surface area contributed by atoms with Gasteiger partial charge in [0.15, 0.2) is 0 Å². The Morgan fingerprint density at radius 1 is 1.45 bits per heavy atom. The first-order valence-corrected chi connectivity index (χ1v) is 7.65. The minimum atomic E-state index is 0.154. The molecule has 1 aromatic rings. The number of rotatable bonds is 7. The second kappa shape index (κ2) is 7.60. The molecule has 0 radical (unpaired) electrons. The van der Waals surface area contributed by atoms with Gasteiger partial charge in [-0.1, -0.05) is 20.8 Å². The predicted molar refractivity (Wildman–Crippen MR) is 80.2 cm³/mol. The highest BCUT2D eigenvalue weighted by atomic mass is 16.5. The standard InChI is InChI=1S/C16H26N2O2/c1-4-6-17-10-13-8-15(12(2)3)18-16(9-13)20-14-5-7-19-11-14/h8-9,12,14,17H,4-7,10-11H2,1-3H3. The van der Waals surface area contributed by atoms with Crippen molar-refractivity contribution in [3.63, 3.8) is 0 Å². The summed E-state index contributed by atoms with van der Waals surface area (Å²) in [4.78, 5) is 4.62. The minimum absolute atomic E-state index is 0.154. The van der Waals surface area contributed by atoms with E-state index in [9.17, 15) is 0 Å². The van der Waals surface area contributed by atoms with Crippen LogP contribution < -0.4 is 10.1 Å². The Labute approximate surface area is 121 Å². The molecule has 1 fully saturated rings. The maximum Gasteiger partial charge on any atom is 0.214 e. The van der Waals surface area contributed by atoms with Gasteiger partial charge >= 0.3 is 0 Å². The molecule has 2 heterocycles. The molecule has 2 rings (SSSR count). The maximum absolute atomic E-state index is 5.95. The Hall–Kier alpha value is -1.13. The number of aromatic nitrogens is 1. The topological polar surface area (TPSA) is 43.4 Å². The third-order valence-electron chi connectivity index (χ3n) is 3.40. The first-order chi connectivity index (χ1) is 9.69. The molecule has 1 atom stereocenters. The number of ether oxygens (including phenoxy) is 2. The fourth-order valence-electron chi connectivity index (χ4n) is 2.23. The van der Waals surface area contributed by atoms with Crippen LogP contribution in [-0.4, -0.2) is 30.8 Å². The van der Waals surface area contributed by atoms with E-state index in [2.05, 4.69) is 37.1 Å². The van der Waals surface area contributed by atoms with E-state index in [1.165, 1.54) is 5.56 Å². The predicted octanol–water partition coefficient (Wildman–Crippen LogP) is 2.87. The highest BCUT2D eigenvalue weighted by Crippen LogP contribution is 2.21. The largest absolute Gasteiger partial charge is 0.472 e. The third kappa shape index (κ3) is 4.46. The van der Waals surface area contributed by atoms with Gasteiger partial charge in [0.05, 0.1) is 13.2 Å². The SMILES string of the molecule is CCCNCc1cc(OC2CCOC2)nc(C(C)C)c1. The molecule has 1 saturated heterocycles. The smallest absolute Gasteiger partial charge is 0.214 e. The van der Waals surface area contributed by atoms with Crippen molar-refractivity contribution < 1.29 is 9.47 Å². The molecule has 0 bridgehead atoms. The summed E-state index contributed by atoms with van der Waals surface area (Å²) in [7, 11) is 0. The van der Waals surface area contributed by atoms with Crippen molar-refractivity contribution in [3.05, 3.63) is 23.4 Å². The van der Waals surface area contributed by atoms with Crippen LogP contribution in [0.5, 0.6) is 5.88 Å². The van der Waals surface area contributed by atoms with Gasteiger partial charge < -0.3 is 14.8 Å². The van der Waals surface area contributed by atoms with E-state index in [-0.39, 0.29) is 6.10 Å². The molecular weight excluding hydrogens is 252 g/mol. The number of pyridine rings is 1. The van der Waals surface area contributed by atoms with Gasteiger partial charge in [0.1, 0.15) is 6.10 Å². The van der Waals surface area contributed by atoms with E-state index >= 15 is 0 Å². The summed E-state index contributed by atoms with van der Waals surface area (Å²) in [6.07, 6.45) is 2.25. The zero-order valence-electron chi connectivity index (χ0n) is 12.8. The van der Waals surface area contributed by atoms with E-state index < -0.39 is 0 Å². The molecule has 1 unspecified atom stereocenters. The molecule has 1 aliphatic heterocycles. The lowest BCUT2D eigenvalue weighted by atomic mass is 10.1. The Bertz CT molecular complexity index is 415. The molecule has 0 aromatic carbocycles. The van der Waals surface area contributed by atoms with Gasteiger partial charge in [-0.2, -0.15) is 0 Å². The molecule has 0 saturated carbocycles. The Morgan fingerprint density at radius 2 is 2.30 bits per heavy atom. The zero-order valence-corrected chi connectivity index (χ0v) is 12.8. The van der Waals surface area contributed by atoms with Crippen LogP contribution in [0.25, 0.3) is 0 Å². The number of hydrogen-bond donors (Lipinski definition) is 1. The van der Waals surface area contributed by atoms with Crippen molar-refractivity contribution in [1.82, 2.24) is 10.3 Å². The molecule has 4 heteroatoms. The highest BCUT2D eigenvalue weighted by Gasteiger charge is 2.18. The van der Waals surface area contributed by atoms with Crippen LogP contribution in [0.1, 0.15) is 50.8 Å². The summed E-state index contributed by atoms with van der Waals surface area (Å²) < 4.78 is 11.3. The summed E-state index contributed by atoms with van der Waals surface area (Å²) in [6.45, 7) is 9.87. The lowest BCUT2D eigenvalue weighted by Crippen LogP contribution is -2.18. The molecule has 0 aliphatic carbocycles. The van der Waals surface area contributed by atoms with Gasteiger partial charge in [0.2, 0.25) is 5.88 Å². The zero-order chi connectivity index (χ0) is 14.4. The summed E-state index contributed by atoms with van der Waals surface area (Å²) in [6, 6.07) is 4.22. The maximum atomic E-state index is 5.95. The van der Waals surface area contributed by atoms with Crippen LogP contribution in [0.2, 0.25) is 0 Å². The molecule has 0 spiro atoms. The fraction of sp³-hybridized carbons (Fsp3) is 0.688. The van der Waals surface area contributed by atoms with Gasteiger partial charge in [-0.25, -0.2) is 4.98 Å². The molecule has 1 N–H and O–H groups in total. The van der Waals surface area contributed by atoms with Crippen molar-refractivity contribution in [3.8, 4) is 5.88 Å². The molecule has 112 valence electrons. The van der Waals surface area contributed by atoms with E-state index in [4.69, 9.17) is 9.47 Å². The van der Waals surface area contributed by atoms with Crippen LogP contribution in [0, 0.1) is 0 Å². The van der Waals surface area contributed by atoms with Gasteiger partial charge in [0, 0.05) is 24.7 Å². The first kappa shape index (κ1) is 15.3. The summed E-state index contributed by atoms with van der Waals surface area (Å²) in [5, 5.41) is 3.43. The molecule has 1 aromatic heterocycles. The highest BCUT2D eigenvalue weighted by molar-refractivity contribution is 5.27. The van der Waals surface area contributed by atoms with Crippen LogP contribution >= 0.6 is 0 Å². The van der Waals surface area contributed by atoms with E-state index in [0.717, 1.165) is 44.1 Å². The van der Waals surface area contributed by atoms with Gasteiger partial charge in [-0.3, -0.25) is 0 Å². The lowest BCUT2D eigenvalue weighted by molar-refractivity contribution is 0.137.